The molecular formula is C17H18N2O. The van der Waals surface area contributed by atoms with Gasteiger partial charge in [0.15, 0.2) is 0 Å². The van der Waals surface area contributed by atoms with Gasteiger partial charge < -0.3 is 0 Å². The van der Waals surface area contributed by atoms with E-state index >= 15 is 0 Å². The molecule has 20 heavy (non-hydrogen) atoms. The number of hydrogen-bond acceptors (Lipinski definition) is 2. The Balaban J connectivity index is 1.97. The van der Waals surface area contributed by atoms with Crippen LogP contribution in [0.2, 0.25) is 0 Å². The Kier molecular flexibility index (Phi) is 4.66. The first-order valence-corrected chi connectivity index (χ1v) is 6.68. The number of benzene rings is 2. The van der Waals surface area contributed by atoms with Crippen LogP contribution in [0.3, 0.4) is 0 Å². The summed E-state index contributed by atoms with van der Waals surface area (Å²) in [6, 6.07) is 15.5. The fourth-order valence-corrected chi connectivity index (χ4v) is 1.86. The highest BCUT2D eigenvalue weighted by molar-refractivity contribution is 5.95. The minimum Gasteiger partial charge on any atom is -0.267 e. The van der Waals surface area contributed by atoms with Crippen molar-refractivity contribution in [3.63, 3.8) is 0 Å². The van der Waals surface area contributed by atoms with E-state index in [1.165, 1.54) is 5.56 Å². The zero-order valence-corrected chi connectivity index (χ0v) is 11.8. The SMILES string of the molecule is CCc1ccc(C=NNC(=O)c2cccc(C)c2)cc1. The maximum Gasteiger partial charge on any atom is 0.271 e. The van der Waals surface area contributed by atoms with Gasteiger partial charge in [-0.1, -0.05) is 48.9 Å². The predicted molar refractivity (Wildman–Crippen MR) is 82.1 cm³/mol. The van der Waals surface area contributed by atoms with E-state index in [1.807, 2.05) is 37.3 Å². The Bertz CT molecular complexity index is 615. The molecule has 1 N–H and O–H groups in total. The summed E-state index contributed by atoms with van der Waals surface area (Å²) in [5, 5.41) is 3.98. The monoisotopic (exact) mass is 266 g/mol. The van der Waals surface area contributed by atoms with Gasteiger partial charge in [0.05, 0.1) is 6.21 Å². The molecular weight excluding hydrogens is 248 g/mol. The summed E-state index contributed by atoms with van der Waals surface area (Å²) in [7, 11) is 0. The molecule has 0 aliphatic carbocycles. The smallest absolute Gasteiger partial charge is 0.267 e. The average Bonchev–Trinajstić information content (AvgIpc) is 2.48. The average molecular weight is 266 g/mol. The van der Waals surface area contributed by atoms with Crippen LogP contribution >= 0.6 is 0 Å². The normalized spacial score (nSPS) is 10.7. The summed E-state index contributed by atoms with van der Waals surface area (Å²) < 4.78 is 0. The molecule has 0 fully saturated rings. The predicted octanol–water partition coefficient (Wildman–Crippen LogP) is 3.32. The van der Waals surface area contributed by atoms with Crippen LogP contribution in [0, 0.1) is 6.92 Å². The third-order valence-electron chi connectivity index (χ3n) is 3.05. The van der Waals surface area contributed by atoms with E-state index in [1.54, 1.807) is 12.3 Å². The molecule has 0 heterocycles. The van der Waals surface area contributed by atoms with Gasteiger partial charge >= 0.3 is 0 Å². The molecule has 0 bridgehead atoms. The van der Waals surface area contributed by atoms with Gasteiger partial charge in [-0.3, -0.25) is 4.79 Å². The summed E-state index contributed by atoms with van der Waals surface area (Å²) in [5.41, 5.74) is 6.45. The fourth-order valence-electron chi connectivity index (χ4n) is 1.86. The van der Waals surface area contributed by atoms with Crippen LogP contribution < -0.4 is 5.43 Å². The van der Waals surface area contributed by atoms with Crippen LogP contribution in [-0.2, 0) is 6.42 Å². The van der Waals surface area contributed by atoms with Crippen molar-refractivity contribution in [1.29, 1.82) is 0 Å². The third-order valence-corrected chi connectivity index (χ3v) is 3.05. The summed E-state index contributed by atoms with van der Waals surface area (Å²) in [6.07, 6.45) is 2.66. The molecule has 3 nitrogen and oxygen atoms in total. The van der Waals surface area contributed by atoms with Gasteiger partial charge in [0.25, 0.3) is 5.91 Å². The molecule has 0 unspecified atom stereocenters. The molecule has 2 rings (SSSR count). The molecule has 2 aromatic carbocycles. The Labute approximate surface area is 119 Å². The van der Waals surface area contributed by atoms with Crippen LogP contribution in [0.5, 0.6) is 0 Å². The van der Waals surface area contributed by atoms with E-state index in [0.717, 1.165) is 17.5 Å². The topological polar surface area (TPSA) is 41.5 Å². The minimum atomic E-state index is -0.199. The quantitative estimate of drug-likeness (QED) is 0.669. The maximum atomic E-state index is 11.9. The maximum absolute atomic E-state index is 11.9. The van der Waals surface area contributed by atoms with E-state index in [9.17, 15) is 4.79 Å². The summed E-state index contributed by atoms with van der Waals surface area (Å²) in [5.74, 6) is -0.199. The number of nitrogens with zero attached hydrogens (tertiary/aromatic N) is 1. The van der Waals surface area contributed by atoms with E-state index in [-0.39, 0.29) is 5.91 Å². The molecule has 102 valence electrons. The largest absolute Gasteiger partial charge is 0.271 e. The molecule has 0 atom stereocenters. The van der Waals surface area contributed by atoms with Crippen molar-refractivity contribution >= 4 is 12.1 Å². The van der Waals surface area contributed by atoms with Gasteiger partial charge in [0, 0.05) is 5.56 Å². The molecule has 0 saturated heterocycles. The first-order valence-electron chi connectivity index (χ1n) is 6.68. The van der Waals surface area contributed by atoms with E-state index in [0.29, 0.717) is 5.56 Å². The second kappa shape index (κ2) is 6.66. The number of hydrogen-bond donors (Lipinski definition) is 1. The molecule has 0 radical (unpaired) electrons. The lowest BCUT2D eigenvalue weighted by Crippen LogP contribution is -2.17. The Morgan fingerprint density at radius 1 is 1.20 bits per heavy atom. The minimum absolute atomic E-state index is 0.199. The summed E-state index contributed by atoms with van der Waals surface area (Å²) in [6.45, 7) is 4.07. The Morgan fingerprint density at radius 3 is 2.60 bits per heavy atom. The second-order valence-corrected chi connectivity index (χ2v) is 4.66. The van der Waals surface area contributed by atoms with Crippen molar-refractivity contribution in [2.45, 2.75) is 20.3 Å². The van der Waals surface area contributed by atoms with Crippen molar-refractivity contribution in [2.75, 3.05) is 0 Å². The van der Waals surface area contributed by atoms with E-state index in [2.05, 4.69) is 29.6 Å². The Morgan fingerprint density at radius 2 is 1.95 bits per heavy atom. The van der Waals surface area contributed by atoms with Crippen LogP contribution in [0.15, 0.2) is 53.6 Å². The number of aryl methyl sites for hydroxylation is 2. The van der Waals surface area contributed by atoms with Crippen LogP contribution in [-0.4, -0.2) is 12.1 Å². The zero-order chi connectivity index (χ0) is 14.4. The van der Waals surface area contributed by atoms with Gasteiger partial charge in [-0.05, 0) is 36.6 Å². The number of hydrazone groups is 1. The molecule has 2 aromatic rings. The molecule has 0 aliphatic heterocycles. The van der Waals surface area contributed by atoms with Gasteiger partial charge in [0.2, 0.25) is 0 Å². The third kappa shape index (κ3) is 3.79. The molecule has 1 amide bonds. The fraction of sp³-hybridized carbons (Fsp3) is 0.176. The standard InChI is InChI=1S/C17H18N2O/c1-3-14-7-9-15(10-8-14)12-18-19-17(20)16-6-4-5-13(2)11-16/h4-12H,3H2,1-2H3,(H,19,20). The lowest BCUT2D eigenvalue weighted by molar-refractivity contribution is 0.0955. The number of nitrogens with one attached hydrogen (secondary N) is 1. The highest BCUT2D eigenvalue weighted by Gasteiger charge is 2.02. The zero-order valence-electron chi connectivity index (χ0n) is 11.8. The highest BCUT2D eigenvalue weighted by atomic mass is 16.2. The highest BCUT2D eigenvalue weighted by Crippen LogP contribution is 2.04. The Hall–Kier alpha value is -2.42. The molecule has 0 spiro atoms. The molecule has 0 aliphatic rings. The lowest BCUT2D eigenvalue weighted by Gasteiger charge is -2.01. The molecule has 0 saturated carbocycles. The van der Waals surface area contributed by atoms with Gasteiger partial charge in [-0.2, -0.15) is 5.10 Å². The summed E-state index contributed by atoms with van der Waals surface area (Å²) in [4.78, 5) is 11.9. The van der Waals surface area contributed by atoms with Crippen molar-refractivity contribution in [3.8, 4) is 0 Å². The van der Waals surface area contributed by atoms with Gasteiger partial charge in [0.1, 0.15) is 0 Å². The number of rotatable bonds is 4. The molecule has 0 aromatic heterocycles. The van der Waals surface area contributed by atoms with Crippen LogP contribution in [0.25, 0.3) is 0 Å². The van der Waals surface area contributed by atoms with E-state index in [4.69, 9.17) is 0 Å². The van der Waals surface area contributed by atoms with Gasteiger partial charge in [-0.15, -0.1) is 0 Å². The number of carbonyl (C=O) groups excluding carboxylic acids is 1. The first-order chi connectivity index (χ1) is 9.69. The van der Waals surface area contributed by atoms with E-state index < -0.39 is 0 Å². The number of carbonyl (C=O) groups is 1. The van der Waals surface area contributed by atoms with Crippen LogP contribution in [0.4, 0.5) is 0 Å². The van der Waals surface area contributed by atoms with Crippen molar-refractivity contribution in [3.05, 3.63) is 70.8 Å². The van der Waals surface area contributed by atoms with Crippen LogP contribution in [0.1, 0.15) is 34.0 Å². The van der Waals surface area contributed by atoms with Crippen molar-refractivity contribution < 1.29 is 4.79 Å². The van der Waals surface area contributed by atoms with Gasteiger partial charge in [-0.25, -0.2) is 5.43 Å². The molecule has 3 heteroatoms. The van der Waals surface area contributed by atoms with Crippen molar-refractivity contribution in [1.82, 2.24) is 5.43 Å². The first kappa shape index (κ1) is 14.0. The van der Waals surface area contributed by atoms with Crippen molar-refractivity contribution in [2.24, 2.45) is 5.10 Å². The summed E-state index contributed by atoms with van der Waals surface area (Å²) >= 11 is 0. The second-order valence-electron chi connectivity index (χ2n) is 4.66. The number of amides is 1. The lowest BCUT2D eigenvalue weighted by atomic mass is 10.1.